The van der Waals surface area contributed by atoms with Gasteiger partial charge in [0.2, 0.25) is 0 Å². The van der Waals surface area contributed by atoms with Crippen molar-refractivity contribution >= 4 is 11.8 Å². The van der Waals surface area contributed by atoms with E-state index in [0.717, 1.165) is 0 Å². The Bertz CT molecular complexity index is 729. The highest BCUT2D eigenvalue weighted by molar-refractivity contribution is 6.09. The second-order valence-electron chi connectivity index (χ2n) is 5.12. The summed E-state index contributed by atoms with van der Waals surface area (Å²) in [5, 5.41) is 8.71. The molecule has 1 N–H and O–H groups in total. The molecule has 0 bridgehead atoms. The Morgan fingerprint density at radius 3 is 1.92 bits per heavy atom. The molecule has 0 radical (unpaired) electrons. The minimum absolute atomic E-state index is 0.0665. The van der Waals surface area contributed by atoms with Crippen LogP contribution in [0.1, 0.15) is 22.8 Å². The van der Waals surface area contributed by atoms with E-state index in [9.17, 15) is 9.59 Å². The summed E-state index contributed by atoms with van der Waals surface area (Å²) >= 11 is 0. The van der Waals surface area contributed by atoms with Crippen LogP contribution in [0.15, 0.2) is 60.7 Å². The van der Waals surface area contributed by atoms with Crippen LogP contribution in [-0.4, -0.2) is 30.1 Å². The number of benzene rings is 2. The third-order valence-electron chi connectivity index (χ3n) is 3.15. The monoisotopic (exact) mass is 326 g/mol. The van der Waals surface area contributed by atoms with Crippen molar-refractivity contribution < 1.29 is 24.2 Å². The molecule has 0 aliphatic heterocycles. The number of carbonyl (C=O) groups excluding carboxylic acids is 2. The van der Waals surface area contributed by atoms with Crippen LogP contribution in [0.25, 0.3) is 0 Å². The van der Waals surface area contributed by atoms with Crippen LogP contribution in [0.2, 0.25) is 0 Å². The maximum Gasteiger partial charge on any atom is 0.338 e. The molecule has 0 aromatic heterocycles. The predicted molar refractivity (Wildman–Crippen MR) is 89.3 cm³/mol. The van der Waals surface area contributed by atoms with Gasteiger partial charge in [-0.1, -0.05) is 6.58 Å². The minimum atomic E-state index is -0.507. The van der Waals surface area contributed by atoms with Crippen molar-refractivity contribution in [3.8, 4) is 11.5 Å². The van der Waals surface area contributed by atoms with Crippen LogP contribution in [0.4, 0.5) is 0 Å². The second-order valence-corrected chi connectivity index (χ2v) is 5.12. The lowest BCUT2D eigenvalue weighted by molar-refractivity contribution is -0.130. The molecule has 0 saturated heterocycles. The molecule has 0 fully saturated rings. The zero-order valence-corrected chi connectivity index (χ0v) is 13.3. The van der Waals surface area contributed by atoms with Gasteiger partial charge in [-0.05, 0) is 55.5 Å². The van der Waals surface area contributed by atoms with E-state index in [0.29, 0.717) is 28.2 Å². The van der Waals surface area contributed by atoms with Gasteiger partial charge in [0.15, 0.2) is 5.78 Å². The molecule has 0 aliphatic rings. The highest BCUT2D eigenvalue weighted by atomic mass is 16.5. The molecule has 2 aromatic carbocycles. The molecule has 0 saturated carbocycles. The largest absolute Gasteiger partial charge is 0.491 e. The summed E-state index contributed by atoms with van der Waals surface area (Å²) < 4.78 is 10.3. The molecule has 0 atom stereocenters. The summed E-state index contributed by atoms with van der Waals surface area (Å²) in [6.45, 7) is 5.21. The SMILES string of the molecule is C=C(C)C(=O)Oc1ccc(C(=O)c2ccc(OCCO)cc2)cc1. The molecule has 24 heavy (non-hydrogen) atoms. The summed E-state index contributed by atoms with van der Waals surface area (Å²) in [6.07, 6.45) is 0. The average molecular weight is 326 g/mol. The molecular weight excluding hydrogens is 308 g/mol. The molecule has 0 heterocycles. The van der Waals surface area contributed by atoms with Gasteiger partial charge in [-0.15, -0.1) is 0 Å². The summed E-state index contributed by atoms with van der Waals surface area (Å²) in [7, 11) is 0. The third kappa shape index (κ3) is 4.54. The molecule has 2 aromatic rings. The first-order valence-electron chi connectivity index (χ1n) is 7.37. The van der Waals surface area contributed by atoms with Crippen molar-refractivity contribution in [2.24, 2.45) is 0 Å². The topological polar surface area (TPSA) is 72.8 Å². The lowest BCUT2D eigenvalue weighted by atomic mass is 10.0. The molecule has 0 aliphatic carbocycles. The number of ether oxygens (including phenoxy) is 2. The zero-order chi connectivity index (χ0) is 17.5. The van der Waals surface area contributed by atoms with Gasteiger partial charge >= 0.3 is 5.97 Å². The van der Waals surface area contributed by atoms with Crippen LogP contribution in [-0.2, 0) is 4.79 Å². The summed E-state index contributed by atoms with van der Waals surface area (Å²) in [5.74, 6) is 0.281. The van der Waals surface area contributed by atoms with Gasteiger partial charge in [0, 0.05) is 16.7 Å². The van der Waals surface area contributed by atoms with Crippen LogP contribution in [0.5, 0.6) is 11.5 Å². The second kappa shape index (κ2) is 8.08. The van der Waals surface area contributed by atoms with Crippen molar-refractivity contribution in [2.75, 3.05) is 13.2 Å². The maximum atomic E-state index is 12.4. The Balaban J connectivity index is 2.06. The Morgan fingerprint density at radius 1 is 0.958 bits per heavy atom. The van der Waals surface area contributed by atoms with E-state index in [1.165, 1.54) is 0 Å². The fourth-order valence-corrected chi connectivity index (χ4v) is 1.90. The Labute approximate surface area is 140 Å². The van der Waals surface area contributed by atoms with Gasteiger partial charge in [-0.2, -0.15) is 0 Å². The highest BCUT2D eigenvalue weighted by Crippen LogP contribution is 2.18. The predicted octanol–water partition coefficient (Wildman–Crippen LogP) is 2.77. The fourth-order valence-electron chi connectivity index (χ4n) is 1.90. The maximum absolute atomic E-state index is 12.4. The Morgan fingerprint density at radius 2 is 1.46 bits per heavy atom. The van der Waals surface area contributed by atoms with E-state index in [1.54, 1.807) is 55.5 Å². The lowest BCUT2D eigenvalue weighted by Crippen LogP contribution is -2.08. The minimum Gasteiger partial charge on any atom is -0.491 e. The molecule has 124 valence electrons. The van der Waals surface area contributed by atoms with Gasteiger partial charge in [0.05, 0.1) is 6.61 Å². The number of aliphatic hydroxyl groups excluding tert-OH is 1. The first kappa shape index (κ1) is 17.4. The van der Waals surface area contributed by atoms with Crippen LogP contribution in [0.3, 0.4) is 0 Å². The zero-order valence-electron chi connectivity index (χ0n) is 13.3. The van der Waals surface area contributed by atoms with E-state index in [4.69, 9.17) is 14.6 Å². The molecule has 2 rings (SSSR count). The number of esters is 1. The molecular formula is C19H18O5. The number of rotatable bonds is 7. The van der Waals surface area contributed by atoms with Gasteiger partial charge < -0.3 is 14.6 Å². The number of ketones is 1. The van der Waals surface area contributed by atoms with Crippen molar-refractivity contribution in [1.82, 2.24) is 0 Å². The number of carbonyl (C=O) groups is 2. The number of hydrogen-bond acceptors (Lipinski definition) is 5. The molecule has 5 heteroatoms. The van der Waals surface area contributed by atoms with E-state index in [2.05, 4.69) is 6.58 Å². The van der Waals surface area contributed by atoms with Crippen LogP contribution >= 0.6 is 0 Å². The fraction of sp³-hybridized carbons (Fsp3) is 0.158. The smallest absolute Gasteiger partial charge is 0.338 e. The first-order valence-corrected chi connectivity index (χ1v) is 7.37. The van der Waals surface area contributed by atoms with Crippen molar-refractivity contribution in [3.63, 3.8) is 0 Å². The van der Waals surface area contributed by atoms with Crippen molar-refractivity contribution in [2.45, 2.75) is 6.92 Å². The van der Waals surface area contributed by atoms with Gasteiger partial charge in [-0.3, -0.25) is 4.79 Å². The summed E-state index contributed by atoms with van der Waals surface area (Å²) in [5.41, 5.74) is 1.30. The molecule has 5 nitrogen and oxygen atoms in total. The van der Waals surface area contributed by atoms with E-state index >= 15 is 0 Å². The quantitative estimate of drug-likeness (QED) is 0.366. The van der Waals surface area contributed by atoms with Crippen molar-refractivity contribution in [3.05, 3.63) is 71.8 Å². The molecule has 0 amide bonds. The van der Waals surface area contributed by atoms with Crippen LogP contribution in [0, 0.1) is 0 Å². The Hall–Kier alpha value is -2.92. The van der Waals surface area contributed by atoms with E-state index < -0.39 is 5.97 Å². The van der Waals surface area contributed by atoms with Gasteiger partial charge in [0.1, 0.15) is 18.1 Å². The molecule has 0 spiro atoms. The molecule has 0 unspecified atom stereocenters. The van der Waals surface area contributed by atoms with E-state index in [-0.39, 0.29) is 19.0 Å². The standard InChI is InChI=1S/C19H18O5/c1-13(2)19(22)24-17-9-5-15(6-10-17)18(21)14-3-7-16(8-4-14)23-12-11-20/h3-10,20H,1,11-12H2,2H3. The van der Waals surface area contributed by atoms with Gasteiger partial charge in [-0.25, -0.2) is 4.79 Å². The number of aliphatic hydroxyl groups is 1. The normalized spacial score (nSPS) is 10.1. The van der Waals surface area contributed by atoms with Crippen molar-refractivity contribution in [1.29, 1.82) is 0 Å². The first-order chi connectivity index (χ1) is 11.5. The Kier molecular flexibility index (Phi) is 5.87. The number of hydrogen-bond donors (Lipinski definition) is 1. The summed E-state index contributed by atoms with van der Waals surface area (Å²) in [4.78, 5) is 23.9. The average Bonchev–Trinajstić information content (AvgIpc) is 2.60. The van der Waals surface area contributed by atoms with Crippen LogP contribution < -0.4 is 9.47 Å². The van der Waals surface area contributed by atoms with E-state index in [1.807, 2.05) is 0 Å². The lowest BCUT2D eigenvalue weighted by Gasteiger charge is -2.07. The highest BCUT2D eigenvalue weighted by Gasteiger charge is 2.11. The summed E-state index contributed by atoms with van der Waals surface area (Å²) in [6, 6.07) is 13.0. The third-order valence-corrected chi connectivity index (χ3v) is 3.15. The van der Waals surface area contributed by atoms with Gasteiger partial charge in [0.25, 0.3) is 0 Å².